The van der Waals surface area contributed by atoms with Crippen molar-refractivity contribution in [1.82, 2.24) is 5.32 Å². The predicted octanol–water partition coefficient (Wildman–Crippen LogP) is -0.219. The molecule has 6 heteroatoms. The van der Waals surface area contributed by atoms with Crippen LogP contribution < -0.4 is 10.2 Å². The van der Waals surface area contributed by atoms with Gasteiger partial charge >= 0.3 is 0 Å². The fraction of sp³-hybridized carbons (Fsp3) is 0.273. The van der Waals surface area contributed by atoms with Gasteiger partial charge in [-0.05, 0) is 6.07 Å². The molecule has 0 bridgehead atoms. The van der Waals surface area contributed by atoms with Gasteiger partial charge in [0.2, 0.25) is 11.8 Å². The zero-order valence-corrected chi connectivity index (χ0v) is 8.94. The van der Waals surface area contributed by atoms with Crippen LogP contribution in [0.2, 0.25) is 0 Å². The van der Waals surface area contributed by atoms with Gasteiger partial charge in [0.15, 0.2) is 0 Å². The first kappa shape index (κ1) is 11.5. The summed E-state index contributed by atoms with van der Waals surface area (Å²) < 4.78 is 13.7. The Morgan fingerprint density at radius 3 is 2.53 bits per heavy atom. The molecule has 2 N–H and O–H groups in total. The van der Waals surface area contributed by atoms with Gasteiger partial charge in [-0.1, -0.05) is 12.1 Å². The number of aliphatic hydroxyl groups is 1. The maximum absolute atomic E-state index is 13.7. The first-order valence-electron chi connectivity index (χ1n) is 5.07. The number of carbonyl (C=O) groups excluding carboxylic acids is 2. The fourth-order valence-corrected chi connectivity index (χ4v) is 1.84. The number of halogens is 1. The van der Waals surface area contributed by atoms with E-state index in [9.17, 15) is 14.0 Å². The van der Waals surface area contributed by atoms with Crippen molar-refractivity contribution in [2.24, 2.45) is 0 Å². The number of para-hydroxylation sites is 1. The molecule has 1 saturated heterocycles. The van der Waals surface area contributed by atoms with Gasteiger partial charge in [0, 0.05) is 5.56 Å². The molecule has 2 amide bonds. The number of piperazine rings is 1. The van der Waals surface area contributed by atoms with Gasteiger partial charge in [0.1, 0.15) is 5.82 Å². The van der Waals surface area contributed by atoms with Crippen LogP contribution in [0.1, 0.15) is 5.56 Å². The smallest absolute Gasteiger partial charge is 0.246 e. The number of nitrogens with one attached hydrogen (secondary N) is 1. The molecule has 17 heavy (non-hydrogen) atoms. The van der Waals surface area contributed by atoms with Crippen LogP contribution in [0.4, 0.5) is 10.1 Å². The molecule has 1 aliphatic heterocycles. The molecule has 0 spiro atoms. The van der Waals surface area contributed by atoms with Gasteiger partial charge in [-0.3, -0.25) is 14.9 Å². The lowest BCUT2D eigenvalue weighted by Gasteiger charge is -2.29. The van der Waals surface area contributed by atoms with Crippen LogP contribution in [-0.4, -0.2) is 30.0 Å². The molecule has 1 heterocycles. The molecule has 0 unspecified atom stereocenters. The number of rotatable bonds is 2. The van der Waals surface area contributed by atoms with Crippen molar-refractivity contribution in [3.8, 4) is 0 Å². The van der Waals surface area contributed by atoms with E-state index in [-0.39, 0.29) is 25.4 Å². The lowest BCUT2D eigenvalue weighted by atomic mass is 10.1. The molecule has 90 valence electrons. The summed E-state index contributed by atoms with van der Waals surface area (Å²) in [5, 5.41) is 11.3. The summed E-state index contributed by atoms with van der Waals surface area (Å²) in [6, 6.07) is 4.25. The van der Waals surface area contributed by atoms with Crippen LogP contribution in [0.25, 0.3) is 0 Å². The predicted molar refractivity (Wildman–Crippen MR) is 57.7 cm³/mol. The summed E-state index contributed by atoms with van der Waals surface area (Å²) in [4.78, 5) is 23.7. The molecule has 5 nitrogen and oxygen atoms in total. The average Bonchev–Trinajstić information content (AvgIpc) is 2.27. The summed E-state index contributed by atoms with van der Waals surface area (Å²) in [7, 11) is 0. The third-order valence-electron chi connectivity index (χ3n) is 2.50. The minimum absolute atomic E-state index is 0.0975. The van der Waals surface area contributed by atoms with Crippen molar-refractivity contribution in [3.63, 3.8) is 0 Å². The first-order valence-corrected chi connectivity index (χ1v) is 5.07. The number of nitrogens with zero attached hydrogens (tertiary/aromatic N) is 1. The molecule has 0 aromatic heterocycles. The van der Waals surface area contributed by atoms with Crippen LogP contribution in [0.3, 0.4) is 0 Å². The molecule has 1 aliphatic rings. The van der Waals surface area contributed by atoms with E-state index in [4.69, 9.17) is 5.11 Å². The minimum Gasteiger partial charge on any atom is -0.392 e. The number of amides is 2. The Kier molecular flexibility index (Phi) is 3.06. The van der Waals surface area contributed by atoms with Gasteiger partial charge in [0.25, 0.3) is 0 Å². The maximum atomic E-state index is 13.7. The van der Waals surface area contributed by atoms with Crippen molar-refractivity contribution >= 4 is 17.5 Å². The quantitative estimate of drug-likeness (QED) is 0.699. The highest BCUT2D eigenvalue weighted by atomic mass is 19.1. The summed E-state index contributed by atoms with van der Waals surface area (Å²) >= 11 is 0. The van der Waals surface area contributed by atoms with Crippen LogP contribution in [0.5, 0.6) is 0 Å². The van der Waals surface area contributed by atoms with E-state index in [2.05, 4.69) is 5.32 Å². The Balaban J connectivity index is 2.39. The van der Waals surface area contributed by atoms with Gasteiger partial charge in [-0.15, -0.1) is 0 Å². The summed E-state index contributed by atoms with van der Waals surface area (Å²) in [5.41, 5.74) is 0.464. The van der Waals surface area contributed by atoms with E-state index in [0.717, 1.165) is 0 Å². The second-order valence-corrected chi connectivity index (χ2v) is 3.73. The highest BCUT2D eigenvalue weighted by molar-refractivity contribution is 6.02. The fourth-order valence-electron chi connectivity index (χ4n) is 1.84. The van der Waals surface area contributed by atoms with E-state index in [1.165, 1.54) is 17.0 Å². The Labute approximate surface area is 96.8 Å². The van der Waals surface area contributed by atoms with Crippen molar-refractivity contribution in [3.05, 3.63) is 29.6 Å². The van der Waals surface area contributed by atoms with Gasteiger partial charge in [0.05, 0.1) is 25.4 Å². The molecule has 2 rings (SSSR count). The SMILES string of the molecule is O=C1CN(c2c(F)cccc2CO)CC(=O)N1. The minimum atomic E-state index is -0.556. The Morgan fingerprint density at radius 1 is 1.29 bits per heavy atom. The summed E-state index contributed by atoms with van der Waals surface area (Å²) in [6.07, 6.45) is 0. The Hall–Kier alpha value is -1.95. The number of aliphatic hydroxyl groups excluding tert-OH is 1. The van der Waals surface area contributed by atoms with Gasteiger partial charge in [-0.2, -0.15) is 0 Å². The Bertz CT molecular complexity index is 460. The third kappa shape index (κ3) is 2.26. The lowest BCUT2D eigenvalue weighted by Crippen LogP contribution is -2.52. The zero-order chi connectivity index (χ0) is 12.4. The van der Waals surface area contributed by atoms with E-state index < -0.39 is 17.6 Å². The van der Waals surface area contributed by atoms with E-state index >= 15 is 0 Å². The molecule has 0 aliphatic carbocycles. The second kappa shape index (κ2) is 4.50. The number of hydrogen-bond acceptors (Lipinski definition) is 4. The number of carbonyl (C=O) groups is 2. The molecule has 0 radical (unpaired) electrons. The lowest BCUT2D eigenvalue weighted by molar-refractivity contribution is -0.130. The van der Waals surface area contributed by atoms with Gasteiger partial charge < -0.3 is 10.0 Å². The standard InChI is InChI=1S/C11H11FN2O3/c12-8-3-1-2-7(6-15)11(8)14-4-9(16)13-10(17)5-14/h1-3,15H,4-6H2,(H,13,16,17). The number of benzene rings is 1. The summed E-state index contributed by atoms with van der Waals surface area (Å²) in [6.45, 7) is -0.543. The second-order valence-electron chi connectivity index (χ2n) is 3.73. The molecule has 0 saturated carbocycles. The average molecular weight is 238 g/mol. The maximum Gasteiger partial charge on any atom is 0.246 e. The van der Waals surface area contributed by atoms with E-state index in [0.29, 0.717) is 5.56 Å². The van der Waals surface area contributed by atoms with Gasteiger partial charge in [-0.25, -0.2) is 4.39 Å². The highest BCUT2D eigenvalue weighted by Crippen LogP contribution is 2.25. The Morgan fingerprint density at radius 2 is 1.94 bits per heavy atom. The number of anilines is 1. The molecular weight excluding hydrogens is 227 g/mol. The monoisotopic (exact) mass is 238 g/mol. The van der Waals surface area contributed by atoms with Crippen LogP contribution in [-0.2, 0) is 16.2 Å². The summed E-state index contributed by atoms with van der Waals surface area (Å²) in [5.74, 6) is -1.51. The zero-order valence-electron chi connectivity index (χ0n) is 8.94. The number of hydrogen-bond donors (Lipinski definition) is 2. The van der Waals surface area contributed by atoms with Crippen LogP contribution in [0, 0.1) is 5.82 Å². The first-order chi connectivity index (χ1) is 8.11. The number of imide groups is 1. The van der Waals surface area contributed by atoms with Crippen LogP contribution in [0.15, 0.2) is 18.2 Å². The largest absolute Gasteiger partial charge is 0.392 e. The van der Waals surface area contributed by atoms with E-state index in [1.54, 1.807) is 6.07 Å². The third-order valence-corrected chi connectivity index (χ3v) is 2.50. The molecule has 0 atom stereocenters. The van der Waals surface area contributed by atoms with Crippen LogP contribution >= 0.6 is 0 Å². The normalized spacial score (nSPS) is 16.0. The van der Waals surface area contributed by atoms with Crippen molar-refractivity contribution in [2.45, 2.75) is 6.61 Å². The van der Waals surface area contributed by atoms with Crippen molar-refractivity contribution in [1.29, 1.82) is 0 Å². The molecule has 1 fully saturated rings. The molecule has 1 aromatic rings. The molecular formula is C11H11FN2O3. The highest BCUT2D eigenvalue weighted by Gasteiger charge is 2.26. The topological polar surface area (TPSA) is 69.6 Å². The molecule has 1 aromatic carbocycles. The van der Waals surface area contributed by atoms with Crippen molar-refractivity contribution < 1.29 is 19.1 Å². The van der Waals surface area contributed by atoms with E-state index in [1.807, 2.05) is 0 Å². The van der Waals surface area contributed by atoms with Crippen molar-refractivity contribution in [2.75, 3.05) is 18.0 Å².